The van der Waals surface area contributed by atoms with Crippen LogP contribution in [0, 0.1) is 13.8 Å². The molecule has 3 aromatic carbocycles. The van der Waals surface area contributed by atoms with Crippen molar-refractivity contribution in [2.75, 3.05) is 5.75 Å². The average Bonchev–Trinajstić information content (AvgIpc) is 2.62. The highest BCUT2D eigenvalue weighted by molar-refractivity contribution is 8.03. The van der Waals surface area contributed by atoms with Crippen molar-refractivity contribution in [1.29, 1.82) is 0 Å². The molecule has 3 aromatic rings. The quantitative estimate of drug-likeness (QED) is 0.401. The van der Waals surface area contributed by atoms with Crippen LogP contribution in [0.4, 0.5) is 0 Å². The van der Waals surface area contributed by atoms with Gasteiger partial charge in [0, 0.05) is 25.8 Å². The lowest BCUT2D eigenvalue weighted by Crippen LogP contribution is -1.99. The monoisotopic (exact) mass is 384 g/mol. The van der Waals surface area contributed by atoms with Gasteiger partial charge in [-0.3, -0.25) is 0 Å². The summed E-state index contributed by atoms with van der Waals surface area (Å²) < 4.78 is 0. The number of benzene rings is 3. The fraction of sp³-hybridized carbons (Fsp3) is 0.182. The van der Waals surface area contributed by atoms with Crippen molar-refractivity contribution in [1.82, 2.24) is 0 Å². The fourth-order valence-corrected chi connectivity index (χ4v) is 5.13. The minimum absolute atomic E-state index is 0.308. The van der Waals surface area contributed by atoms with Crippen LogP contribution < -0.4 is 0 Å². The van der Waals surface area contributed by atoms with Crippen LogP contribution in [0.3, 0.4) is 0 Å². The number of rotatable bonds is 6. The van der Waals surface area contributed by atoms with E-state index >= 15 is 0 Å². The molecule has 0 N–H and O–H groups in total. The molecule has 0 amide bonds. The van der Waals surface area contributed by atoms with Gasteiger partial charge in [-0.1, -0.05) is 65.2 Å². The molecule has 0 nitrogen and oxygen atoms in total. The molecule has 0 saturated carbocycles. The summed E-state index contributed by atoms with van der Waals surface area (Å²) in [6, 6.07) is 25.6. The second-order valence-corrected chi connectivity index (χ2v) is 8.84. The third-order valence-corrected chi connectivity index (χ3v) is 6.88. The maximum atomic E-state index is 6.49. The van der Waals surface area contributed by atoms with Crippen LogP contribution in [-0.2, 0) is 0 Å². The first-order valence-electron chi connectivity index (χ1n) is 8.29. The van der Waals surface area contributed by atoms with E-state index in [1.807, 2.05) is 35.7 Å². The van der Waals surface area contributed by atoms with E-state index < -0.39 is 0 Å². The number of hydrogen-bond donors (Lipinski definition) is 0. The predicted molar refractivity (Wildman–Crippen MR) is 113 cm³/mol. The summed E-state index contributed by atoms with van der Waals surface area (Å²) in [5, 5.41) is 1.15. The molecule has 3 heteroatoms. The Hall–Kier alpha value is -1.35. The summed E-state index contributed by atoms with van der Waals surface area (Å²) >= 11 is 10.3. The summed E-state index contributed by atoms with van der Waals surface area (Å²) in [6.07, 6.45) is 0. The Morgan fingerprint density at radius 3 is 1.92 bits per heavy atom. The second kappa shape index (κ2) is 8.84. The van der Waals surface area contributed by atoms with Gasteiger partial charge in [0.2, 0.25) is 0 Å². The van der Waals surface area contributed by atoms with Gasteiger partial charge in [0.1, 0.15) is 0 Å². The highest BCUT2D eigenvalue weighted by Gasteiger charge is 2.16. The Bertz CT molecular complexity index is 810. The van der Waals surface area contributed by atoms with Crippen molar-refractivity contribution < 1.29 is 0 Å². The Morgan fingerprint density at radius 2 is 1.32 bits per heavy atom. The number of aryl methyl sites for hydroxylation is 2. The van der Waals surface area contributed by atoms with E-state index in [1.165, 1.54) is 26.5 Å². The smallest absolute Gasteiger partial charge is 0.0453 e. The Morgan fingerprint density at radius 1 is 0.760 bits per heavy atom. The normalized spacial score (nSPS) is 12.1. The summed E-state index contributed by atoms with van der Waals surface area (Å²) in [7, 11) is 0. The van der Waals surface area contributed by atoms with Gasteiger partial charge < -0.3 is 0 Å². The van der Waals surface area contributed by atoms with Crippen molar-refractivity contribution in [2.45, 2.75) is 28.9 Å². The molecule has 0 bridgehead atoms. The summed E-state index contributed by atoms with van der Waals surface area (Å²) in [4.78, 5) is 2.58. The van der Waals surface area contributed by atoms with Crippen molar-refractivity contribution in [3.05, 3.63) is 94.5 Å². The van der Waals surface area contributed by atoms with Crippen molar-refractivity contribution in [3.8, 4) is 0 Å². The summed E-state index contributed by atoms with van der Waals surface area (Å²) in [5.74, 6) is 0.978. The molecule has 1 unspecified atom stereocenters. The first-order valence-corrected chi connectivity index (χ1v) is 10.5. The van der Waals surface area contributed by atoms with Crippen LogP contribution in [0.25, 0.3) is 0 Å². The number of hydrogen-bond acceptors (Lipinski definition) is 2. The second-order valence-electron chi connectivity index (χ2n) is 6.07. The SMILES string of the molecule is Cc1ccc(SCC(Sc2ccc(C)cc2)c2ccccc2Cl)cc1. The summed E-state index contributed by atoms with van der Waals surface area (Å²) in [5.41, 5.74) is 3.78. The van der Waals surface area contributed by atoms with Gasteiger partial charge in [-0.05, 0) is 49.7 Å². The Kier molecular flexibility index (Phi) is 6.52. The topological polar surface area (TPSA) is 0 Å². The van der Waals surface area contributed by atoms with E-state index in [0.29, 0.717) is 5.25 Å². The molecule has 0 radical (unpaired) electrons. The molecular formula is C22H21ClS2. The molecule has 0 aliphatic rings. The fourth-order valence-electron chi connectivity index (χ4n) is 2.51. The molecular weight excluding hydrogens is 364 g/mol. The predicted octanol–water partition coefficient (Wildman–Crippen LogP) is 7.58. The van der Waals surface area contributed by atoms with Gasteiger partial charge in [-0.15, -0.1) is 23.5 Å². The average molecular weight is 385 g/mol. The molecule has 3 rings (SSSR count). The minimum Gasteiger partial charge on any atom is -0.125 e. The van der Waals surface area contributed by atoms with Crippen LogP contribution in [0.15, 0.2) is 82.6 Å². The van der Waals surface area contributed by atoms with Gasteiger partial charge in [0.25, 0.3) is 0 Å². The molecule has 1 atom stereocenters. The lowest BCUT2D eigenvalue weighted by Gasteiger charge is -2.18. The maximum absolute atomic E-state index is 6.49. The van der Waals surface area contributed by atoms with E-state index in [4.69, 9.17) is 11.6 Å². The minimum atomic E-state index is 0.308. The highest BCUT2D eigenvalue weighted by atomic mass is 35.5. The molecule has 128 valence electrons. The third kappa shape index (κ3) is 5.31. The summed E-state index contributed by atoms with van der Waals surface area (Å²) in [6.45, 7) is 4.24. The standard InChI is InChI=1S/C22H21ClS2/c1-16-7-11-18(12-8-16)24-15-22(20-5-3-4-6-21(20)23)25-19-13-9-17(2)10-14-19/h3-14,22H,15H2,1-2H3. The van der Waals surface area contributed by atoms with Crippen LogP contribution in [-0.4, -0.2) is 5.75 Å². The van der Waals surface area contributed by atoms with Gasteiger partial charge in [0.15, 0.2) is 0 Å². The molecule has 0 spiro atoms. The van der Waals surface area contributed by atoms with E-state index in [0.717, 1.165) is 10.8 Å². The Labute approximate surface area is 164 Å². The van der Waals surface area contributed by atoms with Crippen LogP contribution in [0.1, 0.15) is 21.9 Å². The van der Waals surface area contributed by atoms with Crippen molar-refractivity contribution in [3.63, 3.8) is 0 Å². The van der Waals surface area contributed by atoms with E-state index in [-0.39, 0.29) is 0 Å². The molecule has 0 aliphatic carbocycles. The first kappa shape index (κ1) is 18.4. The van der Waals surface area contributed by atoms with Crippen molar-refractivity contribution >= 4 is 35.1 Å². The highest BCUT2D eigenvalue weighted by Crippen LogP contribution is 2.41. The van der Waals surface area contributed by atoms with Gasteiger partial charge in [-0.25, -0.2) is 0 Å². The maximum Gasteiger partial charge on any atom is 0.0453 e. The molecule has 25 heavy (non-hydrogen) atoms. The van der Waals surface area contributed by atoms with Crippen molar-refractivity contribution in [2.24, 2.45) is 0 Å². The first-order chi connectivity index (χ1) is 12.1. The molecule has 0 heterocycles. The number of thioether (sulfide) groups is 2. The zero-order chi connectivity index (χ0) is 17.6. The van der Waals surface area contributed by atoms with Gasteiger partial charge >= 0.3 is 0 Å². The van der Waals surface area contributed by atoms with Crippen LogP contribution >= 0.6 is 35.1 Å². The van der Waals surface area contributed by atoms with E-state index in [9.17, 15) is 0 Å². The molecule has 0 aliphatic heterocycles. The largest absolute Gasteiger partial charge is 0.125 e. The molecule has 0 saturated heterocycles. The van der Waals surface area contributed by atoms with Gasteiger partial charge in [-0.2, -0.15) is 0 Å². The molecule has 0 fully saturated rings. The van der Waals surface area contributed by atoms with Crippen LogP contribution in [0.5, 0.6) is 0 Å². The molecule has 0 aromatic heterocycles. The van der Waals surface area contributed by atoms with E-state index in [2.05, 4.69) is 74.5 Å². The lowest BCUT2D eigenvalue weighted by atomic mass is 10.2. The number of halogens is 1. The lowest BCUT2D eigenvalue weighted by molar-refractivity contribution is 1.11. The zero-order valence-corrected chi connectivity index (χ0v) is 16.8. The van der Waals surface area contributed by atoms with Gasteiger partial charge in [0.05, 0.1) is 0 Å². The Balaban J connectivity index is 1.79. The van der Waals surface area contributed by atoms with Crippen LogP contribution in [0.2, 0.25) is 5.02 Å². The third-order valence-electron chi connectivity index (χ3n) is 3.97. The van der Waals surface area contributed by atoms with E-state index in [1.54, 1.807) is 0 Å². The zero-order valence-electron chi connectivity index (χ0n) is 14.4.